The van der Waals surface area contributed by atoms with Crippen LogP contribution in [0.5, 0.6) is 5.75 Å². The molecule has 0 amide bonds. The molecular formula is C16H8F8O. The van der Waals surface area contributed by atoms with E-state index in [1.807, 2.05) is 0 Å². The number of phenols is 1. The number of halogens is 8. The second-order valence-corrected chi connectivity index (χ2v) is 5.61. The summed E-state index contributed by atoms with van der Waals surface area (Å²) in [6.07, 6.45) is 0. The summed E-state index contributed by atoms with van der Waals surface area (Å²) in [6, 6.07) is 1.18. The van der Waals surface area contributed by atoms with Crippen LogP contribution < -0.4 is 0 Å². The van der Waals surface area contributed by atoms with Crippen molar-refractivity contribution in [2.45, 2.75) is 23.7 Å². The first-order chi connectivity index (χ1) is 11.3. The van der Waals surface area contributed by atoms with Crippen LogP contribution in [0.25, 0.3) is 0 Å². The minimum absolute atomic E-state index is 0.0544. The predicted molar refractivity (Wildman–Crippen MR) is 70.1 cm³/mol. The van der Waals surface area contributed by atoms with E-state index >= 15 is 0 Å². The van der Waals surface area contributed by atoms with E-state index in [1.165, 1.54) is 0 Å². The Hall–Kier alpha value is -2.32. The Morgan fingerprint density at radius 3 is 1.32 bits per heavy atom. The maximum absolute atomic E-state index is 14.2. The number of aromatic hydroxyl groups is 1. The van der Waals surface area contributed by atoms with Crippen LogP contribution in [0.1, 0.15) is 22.3 Å². The van der Waals surface area contributed by atoms with Gasteiger partial charge in [-0.05, 0) is 12.1 Å². The van der Waals surface area contributed by atoms with Gasteiger partial charge >= 0.3 is 23.7 Å². The highest BCUT2D eigenvalue weighted by Gasteiger charge is 2.62. The summed E-state index contributed by atoms with van der Waals surface area (Å²) >= 11 is 0. The fraction of sp³-hybridized carbons (Fsp3) is 0.250. The molecule has 0 aliphatic heterocycles. The maximum Gasteiger partial charge on any atom is 0.343 e. The highest BCUT2D eigenvalue weighted by Crippen LogP contribution is 2.55. The largest absolute Gasteiger partial charge is 0.507 e. The molecule has 0 saturated heterocycles. The summed E-state index contributed by atoms with van der Waals surface area (Å²) in [6.45, 7) is 0. The molecule has 9 heteroatoms. The Bertz CT molecular complexity index is 827. The van der Waals surface area contributed by atoms with Crippen molar-refractivity contribution < 1.29 is 40.2 Å². The molecule has 2 aromatic rings. The van der Waals surface area contributed by atoms with Crippen molar-refractivity contribution in [3.8, 4) is 5.75 Å². The summed E-state index contributed by atoms with van der Waals surface area (Å²) in [5, 5.41) is 9.53. The Morgan fingerprint density at radius 1 is 0.520 bits per heavy atom. The predicted octanol–water partition coefficient (Wildman–Crippen LogP) is 5.47. The molecule has 1 nitrogen and oxygen atoms in total. The van der Waals surface area contributed by atoms with Gasteiger partial charge in [-0.1, -0.05) is 30.3 Å². The molecule has 4 aliphatic rings. The van der Waals surface area contributed by atoms with Crippen molar-refractivity contribution >= 4 is 0 Å². The average Bonchev–Trinajstić information content (AvgIpc) is 2.53. The van der Waals surface area contributed by atoms with E-state index in [0.717, 1.165) is 0 Å². The molecule has 2 aromatic carbocycles. The van der Waals surface area contributed by atoms with Crippen LogP contribution in [0.4, 0.5) is 35.1 Å². The molecule has 1 N–H and O–H groups in total. The molecule has 0 saturated carbocycles. The van der Waals surface area contributed by atoms with Crippen LogP contribution >= 0.6 is 0 Å². The number of rotatable bonds is 0. The lowest BCUT2D eigenvalue weighted by atomic mass is 9.88. The van der Waals surface area contributed by atoms with Crippen LogP contribution in [0.3, 0.4) is 0 Å². The summed E-state index contributed by atoms with van der Waals surface area (Å²) in [7, 11) is 0. The molecule has 0 fully saturated rings. The Kier molecular flexibility index (Phi) is 3.40. The highest BCUT2D eigenvalue weighted by atomic mass is 19.3. The summed E-state index contributed by atoms with van der Waals surface area (Å²) in [4.78, 5) is 0. The highest BCUT2D eigenvalue weighted by molar-refractivity contribution is 5.45. The van der Waals surface area contributed by atoms with Gasteiger partial charge in [0, 0.05) is 16.7 Å². The van der Waals surface area contributed by atoms with Crippen molar-refractivity contribution in [3.63, 3.8) is 0 Å². The molecule has 134 valence electrons. The summed E-state index contributed by atoms with van der Waals surface area (Å²) in [5.41, 5.74) is -5.82. The molecule has 6 rings (SSSR count). The standard InChI is InChI=1S/C16H8F8O/c17-13(18)8-1-3-9(4-2-8)14(19,20)16(23,24)11-6-5-10(7-12(11)25)15(13,21)22/h1-7,25H. The molecule has 0 unspecified atom stereocenters. The third kappa shape index (κ3) is 2.14. The molecule has 4 aliphatic carbocycles. The first-order valence-corrected chi connectivity index (χ1v) is 6.79. The molecular weight excluding hydrogens is 360 g/mol. The maximum atomic E-state index is 14.2. The van der Waals surface area contributed by atoms with Gasteiger partial charge in [0.25, 0.3) is 0 Å². The minimum atomic E-state index is -4.96. The molecule has 0 aromatic heterocycles. The van der Waals surface area contributed by atoms with Crippen molar-refractivity contribution in [2.24, 2.45) is 0 Å². The van der Waals surface area contributed by atoms with Gasteiger partial charge in [-0.3, -0.25) is 0 Å². The van der Waals surface area contributed by atoms with Gasteiger partial charge in [-0.25, -0.2) is 0 Å². The fourth-order valence-electron chi connectivity index (χ4n) is 2.59. The molecule has 4 bridgehead atoms. The second kappa shape index (κ2) is 4.86. The van der Waals surface area contributed by atoms with Crippen molar-refractivity contribution in [1.82, 2.24) is 0 Å². The van der Waals surface area contributed by atoms with Crippen LogP contribution in [0, 0.1) is 0 Å². The molecule has 25 heavy (non-hydrogen) atoms. The average molecular weight is 368 g/mol. The Morgan fingerprint density at radius 2 is 0.880 bits per heavy atom. The molecule has 0 atom stereocenters. The third-order valence-corrected chi connectivity index (χ3v) is 4.10. The molecule has 0 heterocycles. The van der Waals surface area contributed by atoms with Gasteiger partial charge in [0.1, 0.15) is 5.75 Å². The third-order valence-electron chi connectivity index (χ3n) is 4.10. The van der Waals surface area contributed by atoms with E-state index in [-0.39, 0.29) is 42.5 Å². The SMILES string of the molecule is Oc1cc2ccc1C(F)(F)C(F)(F)c1ccc(cc1)C(F)(F)C2(F)F. The zero-order chi connectivity index (χ0) is 18.8. The van der Waals surface area contributed by atoms with E-state index in [1.54, 1.807) is 0 Å². The van der Waals surface area contributed by atoms with Crippen LogP contribution in [0.15, 0.2) is 42.5 Å². The van der Waals surface area contributed by atoms with E-state index in [2.05, 4.69) is 0 Å². The van der Waals surface area contributed by atoms with Gasteiger partial charge in [0.15, 0.2) is 0 Å². The van der Waals surface area contributed by atoms with Gasteiger partial charge in [0.05, 0.1) is 5.56 Å². The number of alkyl halides is 8. The zero-order valence-electron chi connectivity index (χ0n) is 12.0. The lowest BCUT2D eigenvalue weighted by Gasteiger charge is -2.31. The lowest BCUT2D eigenvalue weighted by Crippen LogP contribution is -2.38. The quantitative estimate of drug-likeness (QED) is 0.611. The molecule has 0 spiro atoms. The van der Waals surface area contributed by atoms with Gasteiger partial charge in [-0.2, -0.15) is 35.1 Å². The van der Waals surface area contributed by atoms with Gasteiger partial charge < -0.3 is 5.11 Å². The number of hydrogen-bond acceptors (Lipinski definition) is 1. The van der Waals surface area contributed by atoms with Crippen LogP contribution in [-0.4, -0.2) is 5.11 Å². The monoisotopic (exact) mass is 368 g/mol. The van der Waals surface area contributed by atoms with Crippen LogP contribution in [0.2, 0.25) is 0 Å². The van der Waals surface area contributed by atoms with Gasteiger partial charge in [-0.15, -0.1) is 0 Å². The van der Waals surface area contributed by atoms with Crippen molar-refractivity contribution in [2.75, 3.05) is 0 Å². The number of hydrogen-bond donors (Lipinski definition) is 1. The van der Waals surface area contributed by atoms with E-state index in [0.29, 0.717) is 0 Å². The van der Waals surface area contributed by atoms with E-state index < -0.39 is 51.7 Å². The first kappa shape index (κ1) is 17.5. The smallest absolute Gasteiger partial charge is 0.343 e. The normalized spacial score (nSPS) is 22.2. The fourth-order valence-corrected chi connectivity index (χ4v) is 2.59. The lowest BCUT2D eigenvalue weighted by molar-refractivity contribution is -0.228. The summed E-state index contributed by atoms with van der Waals surface area (Å²) in [5.74, 6) is -21.2. The van der Waals surface area contributed by atoms with Crippen molar-refractivity contribution in [1.29, 1.82) is 0 Å². The Balaban J connectivity index is 2.41. The topological polar surface area (TPSA) is 20.2 Å². The second-order valence-electron chi connectivity index (χ2n) is 5.61. The minimum Gasteiger partial charge on any atom is -0.507 e. The van der Waals surface area contributed by atoms with Crippen LogP contribution in [-0.2, 0) is 23.7 Å². The summed E-state index contributed by atoms with van der Waals surface area (Å²) < 4.78 is 114. The van der Waals surface area contributed by atoms with E-state index in [9.17, 15) is 40.2 Å². The Labute approximate surface area is 135 Å². The number of benzene rings is 2. The molecule has 0 radical (unpaired) electrons. The van der Waals surface area contributed by atoms with Crippen molar-refractivity contribution in [3.05, 3.63) is 64.7 Å². The number of phenolic OH excluding ortho intramolecular Hbond substituents is 1. The van der Waals surface area contributed by atoms with E-state index in [4.69, 9.17) is 0 Å². The van der Waals surface area contributed by atoms with Gasteiger partial charge in [0.2, 0.25) is 0 Å². The zero-order valence-corrected chi connectivity index (χ0v) is 12.0. The first-order valence-electron chi connectivity index (χ1n) is 6.79.